The number of benzene rings is 5. The minimum absolute atomic E-state index is 0.0226. The lowest BCUT2D eigenvalue weighted by Crippen LogP contribution is -2.08. The first-order chi connectivity index (χ1) is 28.6. The van der Waals surface area contributed by atoms with Gasteiger partial charge in [-0.3, -0.25) is 13.7 Å². The van der Waals surface area contributed by atoms with E-state index < -0.39 is 46.8 Å². The van der Waals surface area contributed by atoms with Crippen molar-refractivity contribution in [2.24, 2.45) is 30.7 Å². The third-order valence-corrected chi connectivity index (χ3v) is 11.7. The molecule has 0 heterocycles. The van der Waals surface area contributed by atoms with Gasteiger partial charge in [-0.05, 0) is 136 Å². The Balaban J connectivity index is 1.44. The Labute approximate surface area is 353 Å². The minimum Gasteiger partial charge on any atom is -0.493 e. The van der Waals surface area contributed by atoms with Crippen LogP contribution in [0.2, 0.25) is 0 Å². The molecule has 324 valence electrons. The van der Waals surface area contributed by atoms with Gasteiger partial charge in [0, 0.05) is 23.2 Å². The standard InChI is InChI=1S/C40H45N7O11S3/c1-24-16-34(25(2)15-33(24)41)44-45-35-17-27(4)36(18-26(35)3)46-47-38-19-28(5)37(23-40(38)58-12-8-14-60(51,52)53)43-42-30-10-9-29-20-31(61(54,55)56)22-39(32(29)21-30)57-11-6-7-13-59(48,49)50/h9-10,15-23H,6-8,11-14,41H2,1-5H3,(H,48,49,50)(H,51,52,53)(H,54,55,56). The zero-order valence-electron chi connectivity index (χ0n) is 33.9. The summed E-state index contributed by atoms with van der Waals surface area (Å²) in [5.74, 6) is -0.713. The first kappa shape index (κ1) is 46.4. The van der Waals surface area contributed by atoms with Gasteiger partial charge in [0.1, 0.15) is 17.2 Å². The van der Waals surface area contributed by atoms with E-state index >= 15 is 0 Å². The lowest BCUT2D eigenvalue weighted by Gasteiger charge is -2.12. The molecular weight excluding hydrogens is 851 g/mol. The van der Waals surface area contributed by atoms with Gasteiger partial charge in [0.05, 0.1) is 58.1 Å². The number of rotatable bonds is 18. The Hall–Kier alpha value is -5.71. The summed E-state index contributed by atoms with van der Waals surface area (Å²) in [6.07, 6.45) is 0.285. The molecule has 0 spiro atoms. The van der Waals surface area contributed by atoms with Crippen LogP contribution in [0.15, 0.2) is 102 Å². The summed E-state index contributed by atoms with van der Waals surface area (Å²) in [6.45, 7) is 9.19. The minimum atomic E-state index is -4.61. The number of hydrogen-bond donors (Lipinski definition) is 4. The molecule has 0 saturated heterocycles. The number of anilines is 1. The molecule has 0 saturated carbocycles. The molecule has 5 aromatic rings. The number of fused-ring (bicyclic) bond motifs is 1. The van der Waals surface area contributed by atoms with Crippen LogP contribution in [0.3, 0.4) is 0 Å². The van der Waals surface area contributed by atoms with E-state index in [1.165, 1.54) is 6.07 Å². The maximum absolute atomic E-state index is 12.0. The summed E-state index contributed by atoms with van der Waals surface area (Å²) in [4.78, 5) is -0.413. The summed E-state index contributed by atoms with van der Waals surface area (Å²) in [7, 11) is -13.0. The second-order valence-corrected chi connectivity index (χ2v) is 18.8. The molecule has 5 aromatic carbocycles. The summed E-state index contributed by atoms with van der Waals surface area (Å²) < 4.78 is 108. The zero-order valence-corrected chi connectivity index (χ0v) is 36.3. The zero-order chi connectivity index (χ0) is 44.7. The van der Waals surface area contributed by atoms with Crippen LogP contribution in [0.4, 0.5) is 39.8 Å². The van der Waals surface area contributed by atoms with Gasteiger partial charge in [-0.1, -0.05) is 6.07 Å². The van der Waals surface area contributed by atoms with Crippen LogP contribution in [-0.2, 0) is 30.4 Å². The van der Waals surface area contributed by atoms with Gasteiger partial charge in [0.15, 0.2) is 0 Å². The van der Waals surface area contributed by atoms with E-state index in [9.17, 15) is 34.4 Å². The van der Waals surface area contributed by atoms with Gasteiger partial charge >= 0.3 is 0 Å². The van der Waals surface area contributed by atoms with Crippen molar-refractivity contribution in [2.45, 2.75) is 58.8 Å². The Kier molecular flexibility index (Phi) is 14.7. The predicted molar refractivity (Wildman–Crippen MR) is 231 cm³/mol. The molecule has 5 rings (SSSR count). The highest BCUT2D eigenvalue weighted by atomic mass is 32.2. The molecule has 0 aliphatic carbocycles. The van der Waals surface area contributed by atoms with E-state index in [0.29, 0.717) is 56.1 Å². The van der Waals surface area contributed by atoms with E-state index in [1.54, 1.807) is 37.3 Å². The second kappa shape index (κ2) is 19.3. The molecule has 0 bridgehead atoms. The van der Waals surface area contributed by atoms with Crippen LogP contribution in [-0.4, -0.2) is 63.6 Å². The molecule has 21 heteroatoms. The van der Waals surface area contributed by atoms with Gasteiger partial charge in [-0.15, -0.1) is 5.11 Å². The van der Waals surface area contributed by atoms with Crippen molar-refractivity contribution in [1.82, 2.24) is 0 Å². The van der Waals surface area contributed by atoms with Crippen LogP contribution < -0.4 is 15.2 Å². The fourth-order valence-corrected chi connectivity index (χ4v) is 7.41. The number of aryl methyl sites for hydroxylation is 5. The molecule has 0 aromatic heterocycles. The summed E-state index contributed by atoms with van der Waals surface area (Å²) >= 11 is 0. The van der Waals surface area contributed by atoms with Crippen LogP contribution in [0.25, 0.3) is 10.8 Å². The van der Waals surface area contributed by atoms with Gasteiger partial charge in [-0.2, -0.15) is 50.8 Å². The monoisotopic (exact) mass is 895 g/mol. The first-order valence-corrected chi connectivity index (χ1v) is 23.3. The number of nitrogens with two attached hydrogens (primary N) is 1. The first-order valence-electron chi connectivity index (χ1n) is 18.7. The average Bonchev–Trinajstić information content (AvgIpc) is 3.16. The quantitative estimate of drug-likeness (QED) is 0.0277. The number of ether oxygens (including phenoxy) is 2. The largest absolute Gasteiger partial charge is 0.493 e. The smallest absolute Gasteiger partial charge is 0.294 e. The van der Waals surface area contributed by atoms with E-state index in [2.05, 4.69) is 30.7 Å². The lowest BCUT2D eigenvalue weighted by atomic mass is 10.1. The van der Waals surface area contributed by atoms with Crippen LogP contribution in [0, 0.1) is 34.6 Å². The molecule has 0 aliphatic rings. The molecule has 0 radical (unpaired) electrons. The van der Waals surface area contributed by atoms with Crippen molar-refractivity contribution in [3.8, 4) is 11.5 Å². The highest BCUT2D eigenvalue weighted by Gasteiger charge is 2.16. The van der Waals surface area contributed by atoms with Crippen molar-refractivity contribution in [2.75, 3.05) is 30.5 Å². The molecule has 0 amide bonds. The van der Waals surface area contributed by atoms with Gasteiger partial charge in [0.25, 0.3) is 30.4 Å². The van der Waals surface area contributed by atoms with Crippen molar-refractivity contribution in [1.29, 1.82) is 0 Å². The Bertz CT molecular complexity index is 2900. The molecule has 0 atom stereocenters. The number of nitrogen functional groups attached to an aromatic ring is 1. The third kappa shape index (κ3) is 13.4. The summed E-state index contributed by atoms with van der Waals surface area (Å²) in [5, 5.41) is 27.5. The Morgan fingerprint density at radius 2 is 0.984 bits per heavy atom. The molecule has 61 heavy (non-hydrogen) atoms. The van der Waals surface area contributed by atoms with Gasteiger partial charge < -0.3 is 15.2 Å². The van der Waals surface area contributed by atoms with E-state index in [4.69, 9.17) is 19.8 Å². The highest BCUT2D eigenvalue weighted by Crippen LogP contribution is 2.39. The number of hydrogen-bond acceptors (Lipinski definition) is 15. The molecule has 0 aliphatic heterocycles. The summed E-state index contributed by atoms with van der Waals surface area (Å²) in [5.41, 5.74) is 13.5. The van der Waals surface area contributed by atoms with E-state index in [-0.39, 0.29) is 44.0 Å². The Morgan fingerprint density at radius 3 is 1.57 bits per heavy atom. The fraction of sp³-hybridized carbons (Fsp3) is 0.300. The van der Waals surface area contributed by atoms with Crippen molar-refractivity contribution >= 4 is 80.9 Å². The van der Waals surface area contributed by atoms with E-state index in [0.717, 1.165) is 28.3 Å². The Morgan fingerprint density at radius 1 is 0.508 bits per heavy atom. The van der Waals surface area contributed by atoms with Crippen LogP contribution in [0.5, 0.6) is 11.5 Å². The maximum Gasteiger partial charge on any atom is 0.294 e. The normalized spacial score (nSPS) is 12.7. The third-order valence-electron chi connectivity index (χ3n) is 9.21. The van der Waals surface area contributed by atoms with Crippen molar-refractivity contribution < 1.29 is 48.4 Å². The molecule has 0 fully saturated rings. The molecule has 18 nitrogen and oxygen atoms in total. The topological polar surface area (TPSA) is 282 Å². The predicted octanol–water partition coefficient (Wildman–Crippen LogP) is 10.2. The molecular formula is C40H45N7O11S3. The molecule has 0 unspecified atom stereocenters. The molecule has 5 N–H and O–H groups in total. The lowest BCUT2D eigenvalue weighted by molar-refractivity contribution is 0.311. The number of unbranched alkanes of at least 4 members (excludes halogenated alkanes) is 1. The van der Waals surface area contributed by atoms with Crippen LogP contribution >= 0.6 is 0 Å². The SMILES string of the molecule is Cc1cc(N=Nc2cc(C)c(N=Nc3cc(C)c(N=Nc4ccc5cc(S(=O)(=O)O)cc(OCCCCS(=O)(=O)O)c5c4)cc3OCCCS(=O)(=O)O)cc2C)c(C)cc1N. The van der Waals surface area contributed by atoms with Crippen molar-refractivity contribution in [3.63, 3.8) is 0 Å². The van der Waals surface area contributed by atoms with Crippen LogP contribution in [0.1, 0.15) is 47.1 Å². The fourth-order valence-electron chi connectivity index (χ4n) is 5.83. The maximum atomic E-state index is 12.0. The number of nitrogens with zero attached hydrogens (tertiary/aromatic N) is 6. The average molecular weight is 896 g/mol. The second-order valence-electron chi connectivity index (χ2n) is 14.3. The highest BCUT2D eigenvalue weighted by molar-refractivity contribution is 7.86. The van der Waals surface area contributed by atoms with Gasteiger partial charge in [-0.25, -0.2) is 0 Å². The van der Waals surface area contributed by atoms with Crippen molar-refractivity contribution in [3.05, 3.63) is 94.5 Å². The number of azo groups is 3. The summed E-state index contributed by atoms with van der Waals surface area (Å²) in [6, 6.07) is 17.7. The van der Waals surface area contributed by atoms with E-state index in [1.807, 2.05) is 52.0 Å². The van der Waals surface area contributed by atoms with Gasteiger partial charge in [0.2, 0.25) is 0 Å².